The summed E-state index contributed by atoms with van der Waals surface area (Å²) in [6.07, 6.45) is 2.69. The predicted molar refractivity (Wildman–Crippen MR) is 114 cm³/mol. The van der Waals surface area contributed by atoms with E-state index in [0.717, 1.165) is 5.56 Å². The Bertz CT molecular complexity index is 832. The SMILES string of the molecule is COC(=O)c1ccc(/C=C2\SC(=S)N(CCCC(=O)N3CCOCC3)C2=O)cc1. The Kier molecular flexibility index (Phi) is 7.40. The quantitative estimate of drug-likeness (QED) is 0.386. The zero-order valence-corrected chi connectivity index (χ0v) is 17.7. The first-order valence-corrected chi connectivity index (χ1v) is 10.5. The summed E-state index contributed by atoms with van der Waals surface area (Å²) in [5, 5.41) is 0. The molecule has 1 aromatic carbocycles. The lowest BCUT2D eigenvalue weighted by Crippen LogP contribution is -2.41. The maximum Gasteiger partial charge on any atom is 0.337 e. The summed E-state index contributed by atoms with van der Waals surface area (Å²) >= 11 is 6.58. The molecule has 0 saturated carbocycles. The van der Waals surface area contributed by atoms with Gasteiger partial charge in [-0.1, -0.05) is 36.1 Å². The van der Waals surface area contributed by atoms with Crippen molar-refractivity contribution in [1.29, 1.82) is 0 Å². The summed E-state index contributed by atoms with van der Waals surface area (Å²) in [5.41, 5.74) is 1.24. The average molecular weight is 435 g/mol. The molecule has 2 saturated heterocycles. The van der Waals surface area contributed by atoms with Crippen molar-refractivity contribution in [2.24, 2.45) is 0 Å². The van der Waals surface area contributed by atoms with Crippen LogP contribution in [-0.2, 0) is 19.1 Å². The molecule has 2 fully saturated rings. The van der Waals surface area contributed by atoms with Gasteiger partial charge < -0.3 is 14.4 Å². The van der Waals surface area contributed by atoms with Crippen molar-refractivity contribution < 1.29 is 23.9 Å². The van der Waals surface area contributed by atoms with Crippen LogP contribution in [0.2, 0.25) is 0 Å². The van der Waals surface area contributed by atoms with Crippen molar-refractivity contribution in [3.63, 3.8) is 0 Å². The molecule has 0 bridgehead atoms. The summed E-state index contributed by atoms with van der Waals surface area (Å²) in [4.78, 5) is 40.3. The molecule has 7 nitrogen and oxygen atoms in total. The van der Waals surface area contributed by atoms with Gasteiger partial charge >= 0.3 is 5.97 Å². The van der Waals surface area contributed by atoms with Crippen molar-refractivity contribution in [3.8, 4) is 0 Å². The normalized spacial score (nSPS) is 18.4. The Morgan fingerprint density at radius 1 is 1.24 bits per heavy atom. The molecule has 0 unspecified atom stereocenters. The van der Waals surface area contributed by atoms with E-state index in [1.54, 1.807) is 40.1 Å². The topological polar surface area (TPSA) is 76.2 Å². The van der Waals surface area contributed by atoms with Gasteiger partial charge in [-0.15, -0.1) is 0 Å². The number of hydrogen-bond donors (Lipinski definition) is 0. The van der Waals surface area contributed by atoms with Crippen molar-refractivity contribution in [1.82, 2.24) is 9.80 Å². The fourth-order valence-corrected chi connectivity index (χ4v) is 4.35. The molecular weight excluding hydrogens is 412 g/mol. The van der Waals surface area contributed by atoms with Crippen LogP contribution in [0.5, 0.6) is 0 Å². The first-order valence-electron chi connectivity index (χ1n) is 9.29. The van der Waals surface area contributed by atoms with Crippen molar-refractivity contribution in [3.05, 3.63) is 40.3 Å². The fraction of sp³-hybridized carbons (Fsp3) is 0.400. The van der Waals surface area contributed by atoms with E-state index >= 15 is 0 Å². The maximum atomic E-state index is 12.7. The molecule has 2 aliphatic heterocycles. The molecule has 2 heterocycles. The number of amides is 2. The third-order valence-electron chi connectivity index (χ3n) is 4.64. The molecule has 0 aromatic heterocycles. The van der Waals surface area contributed by atoms with Crippen LogP contribution in [0.25, 0.3) is 6.08 Å². The van der Waals surface area contributed by atoms with Gasteiger partial charge in [0.25, 0.3) is 5.91 Å². The number of carbonyl (C=O) groups excluding carboxylic acids is 3. The highest BCUT2D eigenvalue weighted by atomic mass is 32.2. The number of thioether (sulfide) groups is 1. The van der Waals surface area contributed by atoms with Gasteiger partial charge in [0.2, 0.25) is 5.91 Å². The van der Waals surface area contributed by atoms with Crippen LogP contribution in [0.3, 0.4) is 0 Å². The Balaban J connectivity index is 1.55. The van der Waals surface area contributed by atoms with Gasteiger partial charge in [0.05, 0.1) is 30.8 Å². The number of morpholine rings is 1. The van der Waals surface area contributed by atoms with E-state index in [2.05, 4.69) is 4.74 Å². The minimum Gasteiger partial charge on any atom is -0.465 e. The zero-order chi connectivity index (χ0) is 20.8. The molecule has 0 radical (unpaired) electrons. The van der Waals surface area contributed by atoms with Crippen LogP contribution >= 0.6 is 24.0 Å². The van der Waals surface area contributed by atoms with Gasteiger partial charge in [0, 0.05) is 26.1 Å². The smallest absolute Gasteiger partial charge is 0.337 e. The van der Waals surface area contributed by atoms with Gasteiger partial charge in [-0.2, -0.15) is 0 Å². The van der Waals surface area contributed by atoms with Crippen LogP contribution in [0.15, 0.2) is 29.2 Å². The lowest BCUT2D eigenvalue weighted by molar-refractivity contribution is -0.135. The predicted octanol–water partition coefficient (Wildman–Crippen LogP) is 2.31. The number of benzene rings is 1. The number of esters is 1. The lowest BCUT2D eigenvalue weighted by Gasteiger charge is -2.27. The number of rotatable bonds is 6. The Labute approximate surface area is 179 Å². The first-order chi connectivity index (χ1) is 14.0. The number of carbonyl (C=O) groups is 3. The minimum atomic E-state index is -0.408. The van der Waals surface area contributed by atoms with Gasteiger partial charge in [0.15, 0.2) is 0 Å². The molecular formula is C20H22N2O5S2. The summed E-state index contributed by atoms with van der Waals surface area (Å²) in [7, 11) is 1.33. The second kappa shape index (κ2) is 10.00. The van der Waals surface area contributed by atoms with Crippen LogP contribution in [0.1, 0.15) is 28.8 Å². The summed E-state index contributed by atoms with van der Waals surface area (Å²) in [5.74, 6) is -0.481. The van der Waals surface area contributed by atoms with Crippen molar-refractivity contribution >= 4 is 52.2 Å². The molecule has 3 rings (SSSR count). The maximum absolute atomic E-state index is 12.7. The molecule has 2 aliphatic rings. The Morgan fingerprint density at radius 3 is 2.59 bits per heavy atom. The Hall–Kier alpha value is -2.23. The van der Waals surface area contributed by atoms with Crippen LogP contribution in [0.4, 0.5) is 0 Å². The third-order valence-corrected chi connectivity index (χ3v) is 6.02. The molecule has 0 N–H and O–H groups in total. The molecule has 2 amide bonds. The van der Waals surface area contributed by atoms with Crippen molar-refractivity contribution in [2.75, 3.05) is 40.0 Å². The molecule has 9 heteroatoms. The standard InChI is InChI=1S/C20H22N2O5S2/c1-26-19(25)15-6-4-14(5-7-15)13-16-18(24)22(20(28)29-16)8-2-3-17(23)21-9-11-27-12-10-21/h4-7,13H,2-3,8-12H2,1H3/b16-13-. The molecule has 1 aromatic rings. The molecule has 0 spiro atoms. The average Bonchev–Trinajstić information content (AvgIpc) is 3.01. The number of thiocarbonyl (C=S) groups is 1. The lowest BCUT2D eigenvalue weighted by atomic mass is 10.1. The third kappa shape index (κ3) is 5.43. The van der Waals surface area contributed by atoms with E-state index in [9.17, 15) is 14.4 Å². The summed E-state index contributed by atoms with van der Waals surface area (Å²) in [6, 6.07) is 6.80. The molecule has 154 valence electrons. The second-order valence-electron chi connectivity index (χ2n) is 6.54. The van der Waals surface area contributed by atoms with E-state index in [1.165, 1.54) is 18.9 Å². The highest BCUT2D eigenvalue weighted by molar-refractivity contribution is 8.26. The van der Waals surface area contributed by atoms with E-state index in [4.69, 9.17) is 17.0 Å². The monoisotopic (exact) mass is 434 g/mol. The van der Waals surface area contributed by atoms with Crippen LogP contribution in [-0.4, -0.2) is 71.9 Å². The zero-order valence-electron chi connectivity index (χ0n) is 16.1. The molecule has 29 heavy (non-hydrogen) atoms. The van der Waals surface area contributed by atoms with Crippen molar-refractivity contribution in [2.45, 2.75) is 12.8 Å². The number of hydrogen-bond acceptors (Lipinski definition) is 7. The summed E-state index contributed by atoms with van der Waals surface area (Å²) in [6.45, 7) is 2.81. The van der Waals surface area contributed by atoms with E-state index < -0.39 is 5.97 Å². The van der Waals surface area contributed by atoms with Gasteiger partial charge in [-0.25, -0.2) is 4.79 Å². The minimum absolute atomic E-state index is 0.0833. The first kappa shape index (κ1) is 21.5. The highest BCUT2D eigenvalue weighted by Crippen LogP contribution is 2.32. The Morgan fingerprint density at radius 2 is 1.93 bits per heavy atom. The largest absolute Gasteiger partial charge is 0.465 e. The molecule has 0 aliphatic carbocycles. The fourth-order valence-electron chi connectivity index (χ4n) is 3.04. The van der Waals surface area contributed by atoms with Gasteiger partial charge in [0.1, 0.15) is 4.32 Å². The van der Waals surface area contributed by atoms with Crippen LogP contribution < -0.4 is 0 Å². The summed E-state index contributed by atoms with van der Waals surface area (Å²) < 4.78 is 10.4. The second-order valence-corrected chi connectivity index (χ2v) is 8.22. The van der Waals surface area contributed by atoms with Gasteiger partial charge in [-0.05, 0) is 30.2 Å². The van der Waals surface area contributed by atoms with Crippen LogP contribution in [0, 0.1) is 0 Å². The van der Waals surface area contributed by atoms with E-state index in [-0.39, 0.29) is 11.8 Å². The number of nitrogens with zero attached hydrogens (tertiary/aromatic N) is 2. The number of ether oxygens (including phenoxy) is 2. The van der Waals surface area contributed by atoms with E-state index in [1.807, 2.05) is 0 Å². The number of methoxy groups -OCH3 is 1. The molecule has 0 atom stereocenters. The highest BCUT2D eigenvalue weighted by Gasteiger charge is 2.31. The van der Waals surface area contributed by atoms with E-state index in [0.29, 0.717) is 60.5 Å². The van der Waals surface area contributed by atoms with Gasteiger partial charge in [-0.3, -0.25) is 14.5 Å².